The van der Waals surface area contributed by atoms with Crippen LogP contribution < -0.4 is 15.1 Å². The van der Waals surface area contributed by atoms with E-state index in [1.54, 1.807) is 13.3 Å². The normalized spacial score (nSPS) is 14.3. The van der Waals surface area contributed by atoms with Crippen LogP contribution in [-0.4, -0.2) is 57.3 Å². The number of carbonyl (C=O) groups excluding carboxylic acids is 1. The highest BCUT2D eigenvalue weighted by Crippen LogP contribution is 2.21. The van der Waals surface area contributed by atoms with Crippen molar-refractivity contribution >= 4 is 17.3 Å². The van der Waals surface area contributed by atoms with Gasteiger partial charge in [0, 0.05) is 64.0 Å². The minimum Gasteiger partial charge on any atom is -0.385 e. The van der Waals surface area contributed by atoms with Crippen LogP contribution in [0, 0.1) is 5.82 Å². The number of pyridine rings is 1. The lowest BCUT2D eigenvalue weighted by Crippen LogP contribution is -2.46. The largest absolute Gasteiger partial charge is 0.385 e. The molecule has 2 aromatic rings. The SMILES string of the molecule is COCCCNC(=O)c1cc(N2CCN(c3ccc(F)cc3)CC2)ccn1. The molecular formula is C20H25FN4O2. The molecule has 0 unspecified atom stereocenters. The molecule has 1 amide bonds. The number of amides is 1. The first kappa shape index (κ1) is 19.1. The number of benzene rings is 1. The van der Waals surface area contributed by atoms with Gasteiger partial charge < -0.3 is 19.9 Å². The Balaban J connectivity index is 1.56. The third-order valence-corrected chi connectivity index (χ3v) is 4.62. The van der Waals surface area contributed by atoms with E-state index in [2.05, 4.69) is 20.1 Å². The minimum atomic E-state index is -0.220. The summed E-state index contributed by atoms with van der Waals surface area (Å²) >= 11 is 0. The number of anilines is 2. The molecule has 0 spiro atoms. The molecule has 0 aliphatic carbocycles. The molecule has 144 valence electrons. The summed E-state index contributed by atoms with van der Waals surface area (Å²) in [6.45, 7) is 4.52. The second-order valence-corrected chi connectivity index (χ2v) is 6.45. The molecular weight excluding hydrogens is 347 g/mol. The third kappa shape index (κ3) is 5.17. The summed E-state index contributed by atoms with van der Waals surface area (Å²) in [4.78, 5) is 20.9. The molecule has 1 aromatic heterocycles. The third-order valence-electron chi connectivity index (χ3n) is 4.62. The van der Waals surface area contributed by atoms with Gasteiger partial charge in [0.15, 0.2) is 0 Å². The quantitative estimate of drug-likeness (QED) is 0.756. The summed E-state index contributed by atoms with van der Waals surface area (Å²) in [5.41, 5.74) is 2.44. The number of ether oxygens (including phenoxy) is 1. The van der Waals surface area contributed by atoms with Crippen molar-refractivity contribution in [2.45, 2.75) is 6.42 Å². The molecule has 27 heavy (non-hydrogen) atoms. The monoisotopic (exact) mass is 372 g/mol. The molecule has 1 saturated heterocycles. The van der Waals surface area contributed by atoms with Crippen LogP contribution in [0.15, 0.2) is 42.6 Å². The van der Waals surface area contributed by atoms with Crippen molar-refractivity contribution in [1.29, 1.82) is 0 Å². The maximum absolute atomic E-state index is 13.1. The van der Waals surface area contributed by atoms with Crippen LogP contribution in [0.4, 0.5) is 15.8 Å². The van der Waals surface area contributed by atoms with Crippen LogP contribution in [-0.2, 0) is 4.74 Å². The Morgan fingerprint density at radius 3 is 2.44 bits per heavy atom. The summed E-state index contributed by atoms with van der Waals surface area (Å²) in [6, 6.07) is 10.4. The van der Waals surface area contributed by atoms with Gasteiger partial charge in [0.1, 0.15) is 11.5 Å². The number of halogens is 1. The van der Waals surface area contributed by atoms with Crippen molar-refractivity contribution in [3.05, 3.63) is 54.1 Å². The van der Waals surface area contributed by atoms with Crippen molar-refractivity contribution in [3.8, 4) is 0 Å². The standard InChI is InChI=1S/C20H25FN4O2/c1-27-14-2-8-23-20(26)19-15-18(7-9-22-19)25-12-10-24(11-13-25)17-5-3-16(21)4-6-17/h3-7,9,15H,2,8,10-14H2,1H3,(H,23,26). The second-order valence-electron chi connectivity index (χ2n) is 6.45. The number of piperazine rings is 1. The highest BCUT2D eigenvalue weighted by Gasteiger charge is 2.19. The average molecular weight is 372 g/mol. The number of nitrogens with one attached hydrogen (secondary N) is 1. The van der Waals surface area contributed by atoms with Gasteiger partial charge in [0.25, 0.3) is 5.91 Å². The van der Waals surface area contributed by atoms with Crippen LogP contribution >= 0.6 is 0 Å². The molecule has 0 saturated carbocycles. The van der Waals surface area contributed by atoms with Gasteiger partial charge >= 0.3 is 0 Å². The topological polar surface area (TPSA) is 57.7 Å². The fraction of sp³-hybridized carbons (Fsp3) is 0.400. The van der Waals surface area contributed by atoms with Crippen LogP contribution in [0.3, 0.4) is 0 Å². The summed E-state index contributed by atoms with van der Waals surface area (Å²) in [7, 11) is 1.64. The number of nitrogens with zero attached hydrogens (tertiary/aromatic N) is 3. The predicted molar refractivity (Wildman–Crippen MR) is 104 cm³/mol. The van der Waals surface area contributed by atoms with Crippen molar-refractivity contribution in [1.82, 2.24) is 10.3 Å². The first-order valence-corrected chi connectivity index (χ1v) is 9.16. The molecule has 7 heteroatoms. The van der Waals surface area contributed by atoms with Crippen molar-refractivity contribution in [3.63, 3.8) is 0 Å². The van der Waals surface area contributed by atoms with Gasteiger partial charge in [0.2, 0.25) is 0 Å². The molecule has 6 nitrogen and oxygen atoms in total. The van der Waals surface area contributed by atoms with E-state index in [1.807, 2.05) is 24.3 Å². The van der Waals surface area contributed by atoms with Gasteiger partial charge in [-0.15, -0.1) is 0 Å². The Bertz CT molecular complexity index is 746. The molecule has 0 radical (unpaired) electrons. The lowest BCUT2D eigenvalue weighted by Gasteiger charge is -2.37. The van der Waals surface area contributed by atoms with E-state index in [0.717, 1.165) is 44.0 Å². The summed E-state index contributed by atoms with van der Waals surface area (Å²) in [6.07, 6.45) is 2.44. The Labute approximate surface area is 158 Å². The molecule has 1 aliphatic heterocycles. The average Bonchev–Trinajstić information content (AvgIpc) is 2.72. The van der Waals surface area contributed by atoms with E-state index in [1.165, 1.54) is 12.1 Å². The maximum Gasteiger partial charge on any atom is 0.269 e. The molecule has 0 atom stereocenters. The van der Waals surface area contributed by atoms with Gasteiger partial charge in [-0.2, -0.15) is 0 Å². The number of methoxy groups -OCH3 is 1. The van der Waals surface area contributed by atoms with E-state index < -0.39 is 0 Å². The Kier molecular flexibility index (Phi) is 6.59. The Morgan fingerprint density at radius 2 is 1.78 bits per heavy atom. The maximum atomic E-state index is 13.1. The van der Waals surface area contributed by atoms with E-state index >= 15 is 0 Å². The molecule has 1 fully saturated rings. The number of hydrogen-bond acceptors (Lipinski definition) is 5. The zero-order valence-electron chi connectivity index (χ0n) is 15.5. The zero-order chi connectivity index (χ0) is 19.1. The van der Waals surface area contributed by atoms with Gasteiger partial charge in [-0.25, -0.2) is 4.39 Å². The first-order chi connectivity index (χ1) is 13.2. The summed E-state index contributed by atoms with van der Waals surface area (Å²) in [5.74, 6) is -0.389. The number of rotatable bonds is 7. The van der Waals surface area contributed by atoms with Crippen molar-refractivity contribution in [2.24, 2.45) is 0 Å². The summed E-state index contributed by atoms with van der Waals surface area (Å²) in [5, 5.41) is 2.86. The second kappa shape index (κ2) is 9.32. The predicted octanol–water partition coefficient (Wildman–Crippen LogP) is 2.31. The van der Waals surface area contributed by atoms with E-state index in [0.29, 0.717) is 18.8 Å². The van der Waals surface area contributed by atoms with Gasteiger partial charge in [-0.05, 0) is 42.8 Å². The molecule has 3 rings (SSSR count). The summed E-state index contributed by atoms with van der Waals surface area (Å²) < 4.78 is 18.1. The molecule has 0 bridgehead atoms. The van der Waals surface area contributed by atoms with Gasteiger partial charge in [0.05, 0.1) is 0 Å². The molecule has 1 N–H and O–H groups in total. The number of hydrogen-bond donors (Lipinski definition) is 1. The van der Waals surface area contributed by atoms with E-state index in [4.69, 9.17) is 4.74 Å². The van der Waals surface area contributed by atoms with Gasteiger partial charge in [-0.3, -0.25) is 9.78 Å². The van der Waals surface area contributed by atoms with Crippen molar-refractivity contribution < 1.29 is 13.9 Å². The number of carbonyl (C=O) groups is 1. The Hall–Kier alpha value is -2.67. The fourth-order valence-electron chi connectivity index (χ4n) is 3.12. The van der Waals surface area contributed by atoms with Gasteiger partial charge in [-0.1, -0.05) is 0 Å². The Morgan fingerprint density at radius 1 is 1.11 bits per heavy atom. The number of aromatic nitrogens is 1. The minimum absolute atomic E-state index is 0.169. The molecule has 2 heterocycles. The van der Waals surface area contributed by atoms with Crippen molar-refractivity contribution in [2.75, 3.05) is 56.2 Å². The van der Waals surface area contributed by atoms with E-state index in [9.17, 15) is 9.18 Å². The van der Waals surface area contributed by atoms with E-state index in [-0.39, 0.29) is 11.7 Å². The molecule has 1 aliphatic rings. The molecule has 1 aromatic carbocycles. The zero-order valence-corrected chi connectivity index (χ0v) is 15.5. The lowest BCUT2D eigenvalue weighted by atomic mass is 10.2. The van der Waals surface area contributed by atoms with Crippen LogP contribution in [0.2, 0.25) is 0 Å². The lowest BCUT2D eigenvalue weighted by molar-refractivity contribution is 0.0943. The fourth-order valence-corrected chi connectivity index (χ4v) is 3.12. The smallest absolute Gasteiger partial charge is 0.269 e. The van der Waals surface area contributed by atoms with Crippen LogP contribution in [0.25, 0.3) is 0 Å². The first-order valence-electron chi connectivity index (χ1n) is 9.16. The van der Waals surface area contributed by atoms with Crippen LogP contribution in [0.1, 0.15) is 16.9 Å². The highest BCUT2D eigenvalue weighted by atomic mass is 19.1. The van der Waals surface area contributed by atoms with Crippen LogP contribution in [0.5, 0.6) is 0 Å². The highest BCUT2D eigenvalue weighted by molar-refractivity contribution is 5.93.